The second-order valence-corrected chi connectivity index (χ2v) is 4.43. The molecule has 5 heteroatoms. The number of ether oxygens (including phenoxy) is 1. The Bertz CT molecular complexity index is 108. The summed E-state index contributed by atoms with van der Waals surface area (Å²) in [5, 5.41) is 8.23. The van der Waals surface area contributed by atoms with Gasteiger partial charge in [0.1, 0.15) is 0 Å². The van der Waals surface area contributed by atoms with Crippen LogP contribution >= 0.6 is 21.6 Å². The minimum absolute atomic E-state index is 0.101. The van der Waals surface area contributed by atoms with Crippen molar-refractivity contribution in [2.45, 2.75) is 6.42 Å². The Morgan fingerprint density at radius 1 is 1.55 bits per heavy atom. The van der Waals surface area contributed by atoms with Crippen molar-refractivity contribution in [1.29, 1.82) is 0 Å². The topological polar surface area (TPSA) is 46.5 Å². The molecule has 0 aromatic carbocycles. The Morgan fingerprint density at radius 3 is 2.82 bits per heavy atom. The maximum atomic E-state index is 10.00. The molecule has 1 N–H and O–H groups in total. The van der Waals surface area contributed by atoms with Gasteiger partial charge in [-0.05, 0) is 6.26 Å². The van der Waals surface area contributed by atoms with Crippen LogP contribution in [0.5, 0.6) is 0 Å². The molecule has 0 aliphatic carbocycles. The molecule has 0 radical (unpaired) electrons. The van der Waals surface area contributed by atoms with Gasteiger partial charge in [0.2, 0.25) is 0 Å². The Labute approximate surface area is 74.3 Å². The number of carboxylic acids is 1. The highest BCUT2D eigenvalue weighted by Gasteiger charge is 1.95. The summed E-state index contributed by atoms with van der Waals surface area (Å²) in [5.74, 6) is 0.114. The molecule has 0 rings (SSSR count). The van der Waals surface area contributed by atoms with E-state index in [0.717, 1.165) is 5.75 Å². The molecule has 0 fully saturated rings. The first-order valence-corrected chi connectivity index (χ1v) is 5.95. The van der Waals surface area contributed by atoms with Crippen LogP contribution in [0.25, 0.3) is 0 Å². The fraction of sp³-hybridized carbons (Fsp3) is 0.833. The van der Waals surface area contributed by atoms with Gasteiger partial charge in [-0.25, -0.2) is 0 Å². The van der Waals surface area contributed by atoms with Gasteiger partial charge in [0, 0.05) is 5.75 Å². The highest BCUT2D eigenvalue weighted by atomic mass is 33.1. The molecule has 66 valence electrons. The van der Waals surface area contributed by atoms with E-state index >= 15 is 0 Å². The van der Waals surface area contributed by atoms with E-state index in [1.54, 1.807) is 21.6 Å². The lowest BCUT2D eigenvalue weighted by Crippen LogP contribution is -2.04. The molecule has 0 bridgehead atoms. The second kappa shape index (κ2) is 8.23. The molecule has 11 heavy (non-hydrogen) atoms. The Hall–Kier alpha value is 0.130. The monoisotopic (exact) mass is 196 g/mol. The zero-order chi connectivity index (χ0) is 8.53. The summed E-state index contributed by atoms with van der Waals surface area (Å²) in [6.07, 6.45) is 2.10. The van der Waals surface area contributed by atoms with Crippen LogP contribution in [0, 0.1) is 0 Å². The molecular weight excluding hydrogens is 184 g/mol. The first kappa shape index (κ1) is 11.1. The summed E-state index contributed by atoms with van der Waals surface area (Å²) in [6, 6.07) is 0. The quantitative estimate of drug-likeness (QED) is 0.494. The predicted molar refractivity (Wildman–Crippen MR) is 49.0 cm³/mol. The molecule has 0 heterocycles. The van der Waals surface area contributed by atoms with Crippen LogP contribution < -0.4 is 0 Å². The number of hydrogen-bond donors (Lipinski definition) is 1. The first-order valence-electron chi connectivity index (χ1n) is 3.22. The lowest BCUT2D eigenvalue weighted by Gasteiger charge is -1.99. The van der Waals surface area contributed by atoms with E-state index in [4.69, 9.17) is 9.84 Å². The fourth-order valence-electron chi connectivity index (χ4n) is 0.438. The molecule has 0 saturated heterocycles. The first-order chi connectivity index (χ1) is 5.27. The summed E-state index contributed by atoms with van der Waals surface area (Å²) in [6.45, 7) is 0.961. The number of carboxylic acid groups (broad SMARTS) is 1. The number of carbonyl (C=O) groups is 1. The van der Waals surface area contributed by atoms with Crippen molar-refractivity contribution in [3.63, 3.8) is 0 Å². The van der Waals surface area contributed by atoms with Crippen molar-refractivity contribution >= 4 is 27.6 Å². The van der Waals surface area contributed by atoms with Crippen LogP contribution in [0.4, 0.5) is 0 Å². The summed E-state index contributed by atoms with van der Waals surface area (Å²) < 4.78 is 5.03. The van der Waals surface area contributed by atoms with Gasteiger partial charge in [-0.2, -0.15) is 0 Å². The molecule has 0 aliphatic rings. The Balaban J connectivity index is 2.85. The Kier molecular flexibility index (Phi) is 8.33. The largest absolute Gasteiger partial charge is 0.481 e. The van der Waals surface area contributed by atoms with Crippen LogP contribution in [0.1, 0.15) is 6.42 Å². The molecular formula is C6H12O3S2. The third-order valence-electron chi connectivity index (χ3n) is 0.889. The van der Waals surface area contributed by atoms with Crippen molar-refractivity contribution in [3.05, 3.63) is 0 Å². The number of hydrogen-bond acceptors (Lipinski definition) is 4. The van der Waals surface area contributed by atoms with Crippen LogP contribution in [0.2, 0.25) is 0 Å². The minimum atomic E-state index is -0.803. The number of aliphatic carboxylic acids is 1. The van der Waals surface area contributed by atoms with Crippen LogP contribution in [-0.4, -0.2) is 36.3 Å². The van der Waals surface area contributed by atoms with Crippen molar-refractivity contribution in [2.24, 2.45) is 0 Å². The normalized spacial score (nSPS) is 9.91. The van der Waals surface area contributed by atoms with Gasteiger partial charge in [-0.3, -0.25) is 4.79 Å². The lowest BCUT2D eigenvalue weighted by atomic mass is 10.5. The van der Waals surface area contributed by atoms with Crippen LogP contribution in [0.15, 0.2) is 0 Å². The van der Waals surface area contributed by atoms with Crippen LogP contribution in [-0.2, 0) is 9.53 Å². The standard InChI is InChI=1S/C6H12O3S2/c1-10-11-5-4-9-3-2-6(7)8/h2-5H2,1H3,(H,7,8). The van der Waals surface area contributed by atoms with Crippen molar-refractivity contribution in [2.75, 3.05) is 25.2 Å². The Morgan fingerprint density at radius 2 is 2.27 bits per heavy atom. The fourth-order valence-corrected chi connectivity index (χ4v) is 1.49. The molecule has 0 spiro atoms. The molecule has 0 atom stereocenters. The predicted octanol–water partition coefficient (Wildman–Crippen LogP) is 1.49. The van der Waals surface area contributed by atoms with E-state index in [0.29, 0.717) is 13.2 Å². The zero-order valence-electron chi connectivity index (χ0n) is 6.41. The van der Waals surface area contributed by atoms with E-state index in [2.05, 4.69) is 0 Å². The van der Waals surface area contributed by atoms with Gasteiger partial charge < -0.3 is 9.84 Å². The highest BCUT2D eigenvalue weighted by Crippen LogP contribution is 2.15. The van der Waals surface area contributed by atoms with Gasteiger partial charge in [-0.1, -0.05) is 21.6 Å². The van der Waals surface area contributed by atoms with Gasteiger partial charge in [0.25, 0.3) is 0 Å². The van der Waals surface area contributed by atoms with Crippen molar-refractivity contribution in [3.8, 4) is 0 Å². The van der Waals surface area contributed by atoms with Gasteiger partial charge >= 0.3 is 5.97 Å². The summed E-state index contributed by atoms with van der Waals surface area (Å²) in [7, 11) is 3.40. The third-order valence-corrected chi connectivity index (χ3v) is 2.67. The zero-order valence-corrected chi connectivity index (χ0v) is 8.04. The van der Waals surface area contributed by atoms with Crippen LogP contribution in [0.3, 0.4) is 0 Å². The van der Waals surface area contributed by atoms with Gasteiger partial charge in [0.05, 0.1) is 19.6 Å². The van der Waals surface area contributed by atoms with Gasteiger partial charge in [0.15, 0.2) is 0 Å². The minimum Gasteiger partial charge on any atom is -0.481 e. The SMILES string of the molecule is CSSCCOCCC(=O)O. The maximum Gasteiger partial charge on any atom is 0.305 e. The smallest absolute Gasteiger partial charge is 0.305 e. The van der Waals surface area contributed by atoms with E-state index < -0.39 is 5.97 Å². The lowest BCUT2D eigenvalue weighted by molar-refractivity contribution is -0.138. The molecule has 3 nitrogen and oxygen atoms in total. The van der Waals surface area contributed by atoms with E-state index in [9.17, 15) is 4.79 Å². The maximum absolute atomic E-state index is 10.00. The average Bonchev–Trinajstić information content (AvgIpc) is 1.96. The molecule has 0 saturated carbocycles. The molecule has 0 aromatic heterocycles. The summed E-state index contributed by atoms with van der Waals surface area (Å²) >= 11 is 0. The molecule has 0 aromatic rings. The summed E-state index contributed by atoms with van der Waals surface area (Å²) in [4.78, 5) is 10.00. The third kappa shape index (κ3) is 10.1. The number of rotatable bonds is 7. The molecule has 0 unspecified atom stereocenters. The highest BCUT2D eigenvalue weighted by molar-refractivity contribution is 8.76. The average molecular weight is 196 g/mol. The van der Waals surface area contributed by atoms with E-state index in [-0.39, 0.29) is 6.42 Å². The van der Waals surface area contributed by atoms with E-state index in [1.165, 1.54) is 0 Å². The summed E-state index contributed by atoms with van der Waals surface area (Å²) in [5.41, 5.74) is 0. The van der Waals surface area contributed by atoms with E-state index in [1.807, 2.05) is 6.26 Å². The molecule has 0 aliphatic heterocycles. The molecule has 0 amide bonds. The van der Waals surface area contributed by atoms with Gasteiger partial charge in [-0.15, -0.1) is 0 Å². The second-order valence-electron chi connectivity index (χ2n) is 1.74. The van der Waals surface area contributed by atoms with Crippen molar-refractivity contribution < 1.29 is 14.6 Å². The van der Waals surface area contributed by atoms with Crippen molar-refractivity contribution in [1.82, 2.24) is 0 Å².